The third-order valence-electron chi connectivity index (χ3n) is 4.74. The lowest BCUT2D eigenvalue weighted by Gasteiger charge is -2.26. The molecule has 1 aliphatic rings. The fraction of sp³-hybridized carbons (Fsp3) is 0.333. The zero-order valence-electron chi connectivity index (χ0n) is 17.0. The van der Waals surface area contributed by atoms with E-state index in [0.717, 1.165) is 45.7 Å². The van der Waals surface area contributed by atoms with Gasteiger partial charge in [0.2, 0.25) is 0 Å². The zero-order valence-corrected chi connectivity index (χ0v) is 17.9. The Morgan fingerprint density at radius 1 is 1.27 bits per heavy atom. The van der Waals surface area contributed by atoms with Gasteiger partial charge in [-0.15, -0.1) is 0 Å². The van der Waals surface area contributed by atoms with E-state index >= 15 is 0 Å². The first kappa shape index (κ1) is 20.2. The van der Waals surface area contributed by atoms with Crippen molar-refractivity contribution in [2.24, 2.45) is 5.10 Å². The number of aryl methyl sites for hydroxylation is 2. The van der Waals surface area contributed by atoms with E-state index in [-0.39, 0.29) is 12.5 Å². The van der Waals surface area contributed by atoms with E-state index in [1.165, 1.54) is 0 Å². The third-order valence-corrected chi connectivity index (χ3v) is 5.79. The van der Waals surface area contributed by atoms with E-state index in [2.05, 4.69) is 20.5 Å². The molecule has 0 bridgehead atoms. The number of benzene rings is 1. The summed E-state index contributed by atoms with van der Waals surface area (Å²) in [5.74, 6) is -0.225. The zero-order chi connectivity index (χ0) is 20.9. The predicted molar refractivity (Wildman–Crippen MR) is 118 cm³/mol. The summed E-state index contributed by atoms with van der Waals surface area (Å²) in [6.45, 7) is 6.99. The molecule has 2 aromatic heterocycles. The number of morpholine rings is 1. The Morgan fingerprint density at radius 3 is 2.73 bits per heavy atom. The van der Waals surface area contributed by atoms with Crippen molar-refractivity contribution in [3.8, 4) is 11.3 Å². The van der Waals surface area contributed by atoms with E-state index in [9.17, 15) is 4.79 Å². The molecule has 156 valence electrons. The van der Waals surface area contributed by atoms with E-state index < -0.39 is 0 Å². The average molecular weight is 425 g/mol. The highest BCUT2D eigenvalue weighted by Gasteiger charge is 2.19. The first-order valence-corrected chi connectivity index (χ1v) is 10.6. The van der Waals surface area contributed by atoms with E-state index in [1.807, 2.05) is 50.2 Å². The number of thiazole rings is 1. The number of hydrogen-bond donors (Lipinski definition) is 1. The summed E-state index contributed by atoms with van der Waals surface area (Å²) < 4.78 is 7.11. The van der Waals surface area contributed by atoms with Crippen LogP contribution in [-0.4, -0.2) is 53.2 Å². The number of nitrogens with one attached hydrogen (secondary N) is 1. The number of ether oxygens (including phenoxy) is 1. The quantitative estimate of drug-likeness (QED) is 0.486. The molecule has 3 heterocycles. The van der Waals surface area contributed by atoms with Gasteiger partial charge in [0.05, 0.1) is 35.7 Å². The number of rotatable bonds is 6. The van der Waals surface area contributed by atoms with E-state index in [4.69, 9.17) is 9.72 Å². The number of carbonyl (C=O) groups excluding carboxylic acids is 1. The fourth-order valence-corrected chi connectivity index (χ4v) is 4.28. The molecule has 0 radical (unpaired) electrons. The molecule has 0 unspecified atom stereocenters. The Kier molecular flexibility index (Phi) is 6.20. The Hall–Kier alpha value is -3.04. The largest absolute Gasteiger partial charge is 0.378 e. The second kappa shape index (κ2) is 9.19. The molecule has 4 rings (SSSR count). The summed E-state index contributed by atoms with van der Waals surface area (Å²) >= 11 is 1.56. The van der Waals surface area contributed by atoms with Gasteiger partial charge < -0.3 is 9.64 Å². The molecule has 3 aromatic rings. The molecule has 1 aliphatic heterocycles. The number of hydrazone groups is 1. The molecular weight excluding hydrogens is 400 g/mol. The molecule has 1 fully saturated rings. The van der Waals surface area contributed by atoms with Crippen LogP contribution in [0.1, 0.15) is 16.3 Å². The summed E-state index contributed by atoms with van der Waals surface area (Å²) in [4.78, 5) is 20.2. The molecule has 1 aromatic carbocycles. The van der Waals surface area contributed by atoms with E-state index in [1.54, 1.807) is 22.2 Å². The van der Waals surface area contributed by atoms with Gasteiger partial charge in [0.1, 0.15) is 6.54 Å². The molecule has 1 saturated heterocycles. The lowest BCUT2D eigenvalue weighted by atomic mass is 10.1. The molecule has 8 nitrogen and oxygen atoms in total. The normalized spacial score (nSPS) is 14.4. The van der Waals surface area contributed by atoms with Gasteiger partial charge in [0.25, 0.3) is 5.91 Å². The second-order valence-corrected chi connectivity index (χ2v) is 8.06. The lowest BCUT2D eigenvalue weighted by molar-refractivity contribution is -0.121. The van der Waals surface area contributed by atoms with Gasteiger partial charge in [-0.1, -0.05) is 41.7 Å². The Bertz CT molecular complexity index is 1040. The highest BCUT2D eigenvalue weighted by atomic mass is 32.1. The first-order valence-electron chi connectivity index (χ1n) is 9.82. The second-order valence-electron chi connectivity index (χ2n) is 7.05. The van der Waals surface area contributed by atoms with Gasteiger partial charge >= 0.3 is 0 Å². The van der Waals surface area contributed by atoms with Gasteiger partial charge in [-0.25, -0.2) is 10.4 Å². The molecule has 9 heteroatoms. The highest BCUT2D eigenvalue weighted by Crippen LogP contribution is 2.32. The number of nitrogens with zero attached hydrogens (tertiary/aromatic N) is 5. The van der Waals surface area contributed by atoms with Crippen LogP contribution in [0, 0.1) is 13.8 Å². The first-order chi connectivity index (χ1) is 14.6. The monoisotopic (exact) mass is 424 g/mol. The fourth-order valence-electron chi connectivity index (χ4n) is 3.27. The number of anilines is 1. The minimum absolute atomic E-state index is 0.129. The summed E-state index contributed by atoms with van der Waals surface area (Å²) in [6.07, 6.45) is 1.67. The van der Waals surface area contributed by atoms with Crippen LogP contribution in [0.3, 0.4) is 0 Å². The van der Waals surface area contributed by atoms with Crippen LogP contribution in [-0.2, 0) is 16.1 Å². The van der Waals surface area contributed by atoms with Crippen LogP contribution in [0.5, 0.6) is 0 Å². The topological polar surface area (TPSA) is 84.6 Å². The van der Waals surface area contributed by atoms with Gasteiger partial charge in [-0.2, -0.15) is 10.2 Å². The maximum absolute atomic E-state index is 12.3. The number of amides is 1. The Balaban J connectivity index is 1.51. The number of aromatic nitrogens is 3. The molecule has 30 heavy (non-hydrogen) atoms. The van der Waals surface area contributed by atoms with Gasteiger partial charge in [0.15, 0.2) is 5.13 Å². The number of hydrogen-bond acceptors (Lipinski definition) is 7. The molecule has 0 atom stereocenters. The molecular formula is C21H24N6O2S. The minimum atomic E-state index is -0.225. The van der Waals surface area contributed by atoms with Crippen LogP contribution < -0.4 is 10.3 Å². The smallest absolute Gasteiger partial charge is 0.261 e. The highest BCUT2D eigenvalue weighted by molar-refractivity contribution is 7.17. The van der Waals surface area contributed by atoms with Crippen LogP contribution in [0.25, 0.3) is 11.3 Å². The van der Waals surface area contributed by atoms with Crippen molar-refractivity contribution in [1.29, 1.82) is 0 Å². The summed E-state index contributed by atoms with van der Waals surface area (Å²) in [7, 11) is 0. The molecule has 1 N–H and O–H groups in total. The average Bonchev–Trinajstić information content (AvgIpc) is 3.32. The summed E-state index contributed by atoms with van der Waals surface area (Å²) in [5.41, 5.74) is 6.30. The standard InChI is InChI=1S/C21H24N6O2S/c1-15-12-16(2)27(25-15)14-19(28)24-22-13-18-20(17-6-4-3-5-7-17)23-21(30-18)26-8-10-29-11-9-26/h3-7,12-13H,8-11,14H2,1-2H3,(H,24,28)/b22-13-. The van der Waals surface area contributed by atoms with Gasteiger partial charge in [-0.3, -0.25) is 9.48 Å². The van der Waals surface area contributed by atoms with Crippen molar-refractivity contribution in [3.63, 3.8) is 0 Å². The minimum Gasteiger partial charge on any atom is -0.378 e. The van der Waals surface area contributed by atoms with Crippen LogP contribution in [0.4, 0.5) is 5.13 Å². The SMILES string of the molecule is Cc1cc(C)n(CC(=O)N/N=C\c2sc(N3CCOCC3)nc2-c2ccccc2)n1. The van der Waals surface area contributed by atoms with Crippen LogP contribution >= 0.6 is 11.3 Å². The number of carbonyl (C=O) groups is 1. The molecule has 0 saturated carbocycles. The summed E-state index contributed by atoms with van der Waals surface area (Å²) in [5, 5.41) is 9.42. The van der Waals surface area contributed by atoms with Crippen molar-refractivity contribution in [2.75, 3.05) is 31.2 Å². The predicted octanol–water partition coefficient (Wildman–Crippen LogP) is 2.61. The van der Waals surface area contributed by atoms with Gasteiger partial charge in [0, 0.05) is 24.3 Å². The molecule has 0 spiro atoms. The van der Waals surface area contributed by atoms with Crippen molar-refractivity contribution in [3.05, 3.63) is 52.7 Å². The van der Waals surface area contributed by atoms with Crippen LogP contribution in [0.15, 0.2) is 41.5 Å². The van der Waals surface area contributed by atoms with Crippen molar-refractivity contribution in [2.45, 2.75) is 20.4 Å². The summed E-state index contributed by atoms with van der Waals surface area (Å²) in [6, 6.07) is 11.9. The van der Waals surface area contributed by atoms with Crippen molar-refractivity contribution < 1.29 is 9.53 Å². The Morgan fingerprint density at radius 2 is 2.03 bits per heavy atom. The van der Waals surface area contributed by atoms with Crippen molar-refractivity contribution in [1.82, 2.24) is 20.2 Å². The van der Waals surface area contributed by atoms with E-state index in [0.29, 0.717) is 13.2 Å². The lowest BCUT2D eigenvalue weighted by Crippen LogP contribution is -2.36. The maximum atomic E-state index is 12.3. The van der Waals surface area contributed by atoms with Gasteiger partial charge in [-0.05, 0) is 19.9 Å². The third kappa shape index (κ3) is 4.74. The molecule has 0 aliphatic carbocycles. The maximum Gasteiger partial charge on any atom is 0.261 e. The van der Waals surface area contributed by atoms with Crippen LogP contribution in [0.2, 0.25) is 0 Å². The van der Waals surface area contributed by atoms with Crippen molar-refractivity contribution >= 4 is 28.6 Å². The Labute approximate surface area is 179 Å². The molecule has 1 amide bonds.